The van der Waals surface area contributed by atoms with Crippen LogP contribution < -0.4 is 9.47 Å². The summed E-state index contributed by atoms with van der Waals surface area (Å²) in [5.74, 6) is 0.224. The molecule has 120 valence electrons. The maximum atomic E-state index is 11.7. The van der Waals surface area contributed by atoms with E-state index in [4.69, 9.17) is 18.9 Å². The molecule has 0 saturated heterocycles. The number of hydrogen-bond donors (Lipinski definition) is 0. The van der Waals surface area contributed by atoms with Gasteiger partial charge in [0.05, 0.1) is 14.2 Å². The molecule has 6 nitrogen and oxygen atoms in total. The molecular formula is C18H12O6. The number of hydrogen-bond acceptors (Lipinski definition) is 6. The minimum absolute atomic E-state index is 0.121. The molecule has 4 rings (SSSR count). The van der Waals surface area contributed by atoms with E-state index >= 15 is 0 Å². The van der Waals surface area contributed by atoms with Crippen LogP contribution in [0, 0.1) is 0 Å². The molecule has 2 aliphatic heterocycles. The summed E-state index contributed by atoms with van der Waals surface area (Å²) < 4.78 is 20.7. The summed E-state index contributed by atoms with van der Waals surface area (Å²) in [6.45, 7) is 0. The van der Waals surface area contributed by atoms with Crippen molar-refractivity contribution < 1.29 is 28.5 Å². The van der Waals surface area contributed by atoms with Crippen LogP contribution in [0.1, 0.15) is 11.1 Å². The Kier molecular flexibility index (Phi) is 3.06. The van der Waals surface area contributed by atoms with Crippen LogP contribution in [0.4, 0.5) is 0 Å². The zero-order valence-electron chi connectivity index (χ0n) is 12.9. The highest BCUT2D eigenvalue weighted by Gasteiger charge is 2.27. The smallest absolute Gasteiger partial charge is 0.373 e. The van der Waals surface area contributed by atoms with Crippen LogP contribution in [-0.4, -0.2) is 26.2 Å². The monoisotopic (exact) mass is 324 g/mol. The van der Waals surface area contributed by atoms with Crippen molar-refractivity contribution in [3.8, 4) is 11.5 Å². The molecule has 0 aromatic heterocycles. The third-order valence-corrected chi connectivity index (χ3v) is 3.93. The van der Waals surface area contributed by atoms with Gasteiger partial charge in [-0.15, -0.1) is 0 Å². The van der Waals surface area contributed by atoms with Gasteiger partial charge >= 0.3 is 11.9 Å². The van der Waals surface area contributed by atoms with Crippen LogP contribution in [0.3, 0.4) is 0 Å². The lowest BCUT2D eigenvalue weighted by atomic mass is 9.95. The summed E-state index contributed by atoms with van der Waals surface area (Å²) in [6.07, 6.45) is 3.25. The average Bonchev–Trinajstić information content (AvgIpc) is 2.63. The van der Waals surface area contributed by atoms with Gasteiger partial charge in [-0.2, -0.15) is 0 Å². The molecule has 0 N–H and O–H groups in total. The number of carbonyl (C=O) groups excluding carboxylic acids is 2. The molecule has 0 bridgehead atoms. The fraction of sp³-hybridized carbons (Fsp3) is 0.111. The third kappa shape index (κ3) is 1.96. The van der Waals surface area contributed by atoms with Gasteiger partial charge in [-0.3, -0.25) is 0 Å². The summed E-state index contributed by atoms with van der Waals surface area (Å²) >= 11 is 0. The summed E-state index contributed by atoms with van der Waals surface area (Å²) in [6, 6.07) is 7.10. The first-order chi connectivity index (χ1) is 11.6. The van der Waals surface area contributed by atoms with Gasteiger partial charge in [-0.05, 0) is 35.4 Å². The quantitative estimate of drug-likeness (QED) is 0.791. The Morgan fingerprint density at radius 1 is 0.750 bits per heavy atom. The molecule has 0 amide bonds. The summed E-state index contributed by atoms with van der Waals surface area (Å²) in [5.41, 5.74) is 1.63. The number of esters is 2. The van der Waals surface area contributed by atoms with Gasteiger partial charge in [0.15, 0.2) is 0 Å². The summed E-state index contributed by atoms with van der Waals surface area (Å²) in [4.78, 5) is 23.5. The molecule has 0 unspecified atom stereocenters. The highest BCUT2D eigenvalue weighted by Crippen LogP contribution is 2.44. The molecule has 0 aliphatic carbocycles. The first kappa shape index (κ1) is 14.3. The zero-order chi connectivity index (χ0) is 16.8. The molecule has 24 heavy (non-hydrogen) atoms. The van der Waals surface area contributed by atoms with Gasteiger partial charge < -0.3 is 18.9 Å². The Morgan fingerprint density at radius 2 is 1.17 bits per heavy atom. The van der Waals surface area contributed by atoms with Gasteiger partial charge in [-0.25, -0.2) is 9.59 Å². The number of rotatable bonds is 2. The maximum Gasteiger partial charge on any atom is 0.373 e. The van der Waals surface area contributed by atoms with E-state index in [1.165, 1.54) is 14.2 Å². The second-order valence-electron chi connectivity index (χ2n) is 5.26. The molecule has 0 fully saturated rings. The highest BCUT2D eigenvalue weighted by molar-refractivity contribution is 6.10. The van der Waals surface area contributed by atoms with Gasteiger partial charge in [-0.1, -0.05) is 12.1 Å². The third-order valence-electron chi connectivity index (χ3n) is 3.93. The van der Waals surface area contributed by atoms with Gasteiger partial charge in [0.1, 0.15) is 11.5 Å². The molecule has 6 heteroatoms. The SMILES string of the molecule is COC(=O)C1=Cc2ccc3c4c(ccc(c24)O1)C=C(C(=O)OC)O3. The molecular weight excluding hydrogens is 312 g/mol. The topological polar surface area (TPSA) is 71.1 Å². The lowest BCUT2D eigenvalue weighted by Crippen LogP contribution is -2.15. The number of methoxy groups -OCH3 is 2. The predicted octanol–water partition coefficient (Wildman–Crippen LogP) is 2.65. The molecule has 0 spiro atoms. The minimum atomic E-state index is -0.543. The lowest BCUT2D eigenvalue weighted by molar-refractivity contribution is -0.139. The minimum Gasteiger partial charge on any atom is -0.463 e. The van der Waals surface area contributed by atoms with Crippen molar-refractivity contribution in [3.63, 3.8) is 0 Å². The van der Waals surface area contributed by atoms with Crippen molar-refractivity contribution >= 4 is 34.9 Å². The Hall–Kier alpha value is -3.28. The van der Waals surface area contributed by atoms with Crippen LogP contribution >= 0.6 is 0 Å². The van der Waals surface area contributed by atoms with Crippen LogP contribution in [0.2, 0.25) is 0 Å². The van der Waals surface area contributed by atoms with Crippen molar-refractivity contribution in [3.05, 3.63) is 46.9 Å². The zero-order valence-corrected chi connectivity index (χ0v) is 12.9. The van der Waals surface area contributed by atoms with Crippen LogP contribution in [0.5, 0.6) is 11.5 Å². The van der Waals surface area contributed by atoms with Crippen molar-refractivity contribution in [1.82, 2.24) is 0 Å². The van der Waals surface area contributed by atoms with Crippen LogP contribution in [0.15, 0.2) is 35.8 Å². The van der Waals surface area contributed by atoms with Crippen molar-refractivity contribution in [2.45, 2.75) is 0 Å². The molecule has 2 aromatic rings. The Morgan fingerprint density at radius 3 is 1.54 bits per heavy atom. The first-order valence-corrected chi connectivity index (χ1v) is 7.18. The number of carbonyl (C=O) groups is 2. The Labute approximate surface area is 136 Å². The van der Waals surface area contributed by atoms with E-state index < -0.39 is 11.9 Å². The highest BCUT2D eigenvalue weighted by atomic mass is 16.6. The average molecular weight is 324 g/mol. The van der Waals surface area contributed by atoms with Crippen LogP contribution in [0.25, 0.3) is 22.9 Å². The lowest BCUT2D eigenvalue weighted by Gasteiger charge is -2.23. The van der Waals surface area contributed by atoms with Crippen molar-refractivity contribution in [2.24, 2.45) is 0 Å². The fourth-order valence-electron chi connectivity index (χ4n) is 2.88. The van der Waals surface area contributed by atoms with Gasteiger partial charge in [0, 0.05) is 10.8 Å². The summed E-state index contributed by atoms with van der Waals surface area (Å²) in [5, 5.41) is 1.63. The molecule has 2 heterocycles. The number of benzene rings is 2. The van der Waals surface area contributed by atoms with E-state index in [0.29, 0.717) is 11.5 Å². The first-order valence-electron chi connectivity index (χ1n) is 7.18. The molecule has 0 radical (unpaired) electrons. The molecule has 0 saturated carbocycles. The molecule has 2 aromatic carbocycles. The van der Waals surface area contributed by atoms with Crippen molar-refractivity contribution in [1.29, 1.82) is 0 Å². The normalized spacial score (nSPS) is 14.1. The molecule has 0 atom stereocenters. The fourth-order valence-corrected chi connectivity index (χ4v) is 2.88. The van der Waals surface area contributed by atoms with E-state index in [2.05, 4.69) is 0 Å². The van der Waals surface area contributed by atoms with E-state index in [1.54, 1.807) is 36.4 Å². The van der Waals surface area contributed by atoms with Gasteiger partial charge in [0.2, 0.25) is 11.5 Å². The van der Waals surface area contributed by atoms with Gasteiger partial charge in [0.25, 0.3) is 0 Å². The van der Waals surface area contributed by atoms with E-state index in [-0.39, 0.29) is 11.5 Å². The second kappa shape index (κ2) is 5.13. The van der Waals surface area contributed by atoms with Crippen LogP contribution in [-0.2, 0) is 19.1 Å². The maximum absolute atomic E-state index is 11.7. The Balaban J connectivity index is 1.94. The predicted molar refractivity (Wildman–Crippen MR) is 85.2 cm³/mol. The molecule has 2 aliphatic rings. The largest absolute Gasteiger partial charge is 0.463 e. The summed E-state index contributed by atoms with van der Waals surface area (Å²) in [7, 11) is 2.60. The standard InChI is InChI=1S/C18H12O6/c1-21-17(19)13-7-9-3-6-12-16-10(4-5-11(23-13)15(9)16)8-14(24-12)18(20)22-2/h3-8H,1-2H3. The van der Waals surface area contributed by atoms with E-state index in [9.17, 15) is 9.59 Å². The van der Waals surface area contributed by atoms with E-state index in [0.717, 1.165) is 21.9 Å². The van der Waals surface area contributed by atoms with Crippen molar-refractivity contribution in [2.75, 3.05) is 14.2 Å². The Bertz CT molecular complexity index is 888. The number of ether oxygens (including phenoxy) is 4. The second-order valence-corrected chi connectivity index (χ2v) is 5.26. The van der Waals surface area contributed by atoms with E-state index in [1.807, 2.05) is 0 Å².